The van der Waals surface area contributed by atoms with Gasteiger partial charge in [0.1, 0.15) is 6.04 Å². The van der Waals surface area contributed by atoms with Crippen LogP contribution in [0.1, 0.15) is 20.3 Å². The van der Waals surface area contributed by atoms with Crippen LogP contribution >= 0.6 is 0 Å². The molecular weight excluding hydrogens is 166 g/mol. The topological polar surface area (TPSA) is 40.5 Å². The molecule has 3 nitrogen and oxygen atoms in total. The first-order valence-corrected chi connectivity index (χ1v) is 4.51. The third kappa shape index (κ3) is 2.02. The molecule has 0 bridgehead atoms. The van der Waals surface area contributed by atoms with E-state index >= 15 is 0 Å². The van der Waals surface area contributed by atoms with E-state index in [2.05, 4.69) is 12.8 Å². The number of terminal acetylenes is 1. The zero-order valence-electron chi connectivity index (χ0n) is 8.03. The summed E-state index contributed by atoms with van der Waals surface area (Å²) in [7, 11) is 0. The summed E-state index contributed by atoms with van der Waals surface area (Å²) in [5, 5.41) is 8.94. The van der Waals surface area contributed by atoms with Gasteiger partial charge in [-0.25, -0.2) is 0 Å². The summed E-state index contributed by atoms with van der Waals surface area (Å²) in [5.74, 6) is 2.24. The first kappa shape index (κ1) is 10.1. The Labute approximate surface area is 78.7 Å². The fourth-order valence-electron chi connectivity index (χ4n) is 1.84. The molecule has 0 saturated carbocycles. The van der Waals surface area contributed by atoms with Crippen LogP contribution < -0.4 is 0 Å². The van der Waals surface area contributed by atoms with Crippen LogP contribution in [-0.4, -0.2) is 34.6 Å². The first-order chi connectivity index (χ1) is 6.06. The van der Waals surface area contributed by atoms with Gasteiger partial charge in [-0.2, -0.15) is 0 Å². The zero-order valence-corrected chi connectivity index (χ0v) is 8.03. The molecule has 1 aliphatic rings. The Bertz CT molecular complexity index is 244. The van der Waals surface area contributed by atoms with E-state index in [0.29, 0.717) is 12.3 Å². The van der Waals surface area contributed by atoms with Gasteiger partial charge in [0.2, 0.25) is 0 Å². The van der Waals surface area contributed by atoms with Gasteiger partial charge in [-0.3, -0.25) is 9.69 Å². The molecule has 3 unspecified atom stereocenters. The van der Waals surface area contributed by atoms with Crippen molar-refractivity contribution in [3.05, 3.63) is 0 Å². The van der Waals surface area contributed by atoms with Crippen molar-refractivity contribution in [2.24, 2.45) is 5.92 Å². The van der Waals surface area contributed by atoms with Gasteiger partial charge in [-0.15, -0.1) is 6.42 Å². The fraction of sp³-hybridized carbons (Fsp3) is 0.700. The van der Waals surface area contributed by atoms with Crippen LogP contribution in [0.15, 0.2) is 0 Å². The number of aliphatic carboxylic acids is 1. The second-order valence-electron chi connectivity index (χ2n) is 3.73. The summed E-state index contributed by atoms with van der Waals surface area (Å²) in [6.45, 7) is 4.72. The van der Waals surface area contributed by atoms with Gasteiger partial charge in [-0.05, 0) is 19.3 Å². The Hall–Kier alpha value is -1.01. The molecule has 0 radical (unpaired) electrons. The van der Waals surface area contributed by atoms with E-state index in [4.69, 9.17) is 11.5 Å². The molecule has 0 spiro atoms. The number of carboxylic acids is 1. The maximum atomic E-state index is 10.9. The molecule has 0 amide bonds. The zero-order chi connectivity index (χ0) is 10.0. The fourth-order valence-corrected chi connectivity index (χ4v) is 1.84. The lowest BCUT2D eigenvalue weighted by Gasteiger charge is -2.24. The molecule has 3 heteroatoms. The van der Waals surface area contributed by atoms with E-state index < -0.39 is 5.97 Å². The van der Waals surface area contributed by atoms with Gasteiger partial charge >= 0.3 is 5.97 Å². The number of likely N-dealkylation sites (tertiary alicyclic amines) is 1. The second-order valence-corrected chi connectivity index (χ2v) is 3.73. The summed E-state index contributed by atoms with van der Waals surface area (Å²) in [5.41, 5.74) is 0. The number of carboxylic acid groups (broad SMARTS) is 1. The third-order valence-corrected chi connectivity index (χ3v) is 2.57. The minimum Gasteiger partial charge on any atom is -0.480 e. The average molecular weight is 181 g/mol. The van der Waals surface area contributed by atoms with E-state index in [1.54, 1.807) is 0 Å². The molecule has 1 N–H and O–H groups in total. The highest BCUT2D eigenvalue weighted by Gasteiger charge is 2.36. The van der Waals surface area contributed by atoms with Crippen LogP contribution in [-0.2, 0) is 4.79 Å². The molecule has 1 fully saturated rings. The van der Waals surface area contributed by atoms with Crippen molar-refractivity contribution in [2.75, 3.05) is 6.54 Å². The van der Waals surface area contributed by atoms with Crippen molar-refractivity contribution < 1.29 is 9.90 Å². The van der Waals surface area contributed by atoms with Crippen molar-refractivity contribution in [3.8, 4) is 12.3 Å². The highest BCUT2D eigenvalue weighted by atomic mass is 16.4. The third-order valence-electron chi connectivity index (χ3n) is 2.57. The first-order valence-electron chi connectivity index (χ1n) is 4.51. The number of rotatable bonds is 2. The van der Waals surface area contributed by atoms with Crippen LogP contribution in [0.25, 0.3) is 0 Å². The van der Waals surface area contributed by atoms with Crippen molar-refractivity contribution >= 4 is 5.97 Å². The summed E-state index contributed by atoms with van der Waals surface area (Å²) in [4.78, 5) is 12.7. The van der Waals surface area contributed by atoms with Gasteiger partial charge in [0.25, 0.3) is 0 Å². The van der Waals surface area contributed by atoms with Crippen molar-refractivity contribution in [1.82, 2.24) is 4.90 Å². The van der Waals surface area contributed by atoms with Crippen LogP contribution in [0.2, 0.25) is 0 Å². The van der Waals surface area contributed by atoms with Crippen molar-refractivity contribution in [1.29, 1.82) is 0 Å². The molecule has 3 atom stereocenters. The van der Waals surface area contributed by atoms with Crippen LogP contribution in [0.4, 0.5) is 0 Å². The number of hydrogen-bond acceptors (Lipinski definition) is 2. The van der Waals surface area contributed by atoms with Gasteiger partial charge in [0, 0.05) is 6.54 Å². The molecule has 1 saturated heterocycles. The maximum absolute atomic E-state index is 10.9. The van der Waals surface area contributed by atoms with Gasteiger partial charge in [0.15, 0.2) is 0 Å². The lowest BCUT2D eigenvalue weighted by atomic mass is 10.1. The molecule has 1 rings (SSSR count). The van der Waals surface area contributed by atoms with Gasteiger partial charge < -0.3 is 5.11 Å². The molecule has 13 heavy (non-hydrogen) atoms. The standard InChI is InChI=1S/C10H15NO2/c1-4-8(3)11-6-7(2)5-9(11)10(12)13/h1,7-9H,5-6H2,2-3H3,(H,12,13). The molecule has 1 aliphatic heterocycles. The predicted molar refractivity (Wildman–Crippen MR) is 50.2 cm³/mol. The number of hydrogen-bond donors (Lipinski definition) is 1. The summed E-state index contributed by atoms with van der Waals surface area (Å²) < 4.78 is 0. The van der Waals surface area contributed by atoms with E-state index in [-0.39, 0.29) is 12.1 Å². The lowest BCUT2D eigenvalue weighted by molar-refractivity contribution is -0.142. The summed E-state index contributed by atoms with van der Waals surface area (Å²) >= 11 is 0. The van der Waals surface area contributed by atoms with Gasteiger partial charge in [-0.1, -0.05) is 12.8 Å². The number of nitrogens with zero attached hydrogens (tertiary/aromatic N) is 1. The molecule has 0 aliphatic carbocycles. The van der Waals surface area contributed by atoms with E-state index in [9.17, 15) is 4.79 Å². The smallest absolute Gasteiger partial charge is 0.320 e. The molecular formula is C10H15NO2. The van der Waals surface area contributed by atoms with Crippen LogP contribution in [0, 0.1) is 18.3 Å². The summed E-state index contributed by atoms with van der Waals surface area (Å²) in [6.07, 6.45) is 5.98. The minimum absolute atomic E-state index is 0.0777. The molecule has 1 heterocycles. The van der Waals surface area contributed by atoms with E-state index in [1.807, 2.05) is 11.8 Å². The average Bonchev–Trinajstić information content (AvgIpc) is 2.46. The Morgan fingerprint density at radius 1 is 1.77 bits per heavy atom. The molecule has 0 aromatic rings. The molecule has 72 valence electrons. The Balaban J connectivity index is 2.73. The highest BCUT2D eigenvalue weighted by Crippen LogP contribution is 2.24. The van der Waals surface area contributed by atoms with Crippen LogP contribution in [0.3, 0.4) is 0 Å². The monoisotopic (exact) mass is 181 g/mol. The van der Waals surface area contributed by atoms with Crippen LogP contribution in [0.5, 0.6) is 0 Å². The Morgan fingerprint density at radius 2 is 2.38 bits per heavy atom. The summed E-state index contributed by atoms with van der Waals surface area (Å²) in [6, 6.07) is -0.466. The largest absolute Gasteiger partial charge is 0.480 e. The Kier molecular flexibility index (Phi) is 2.94. The quantitative estimate of drug-likeness (QED) is 0.641. The van der Waals surface area contributed by atoms with Crippen molar-refractivity contribution in [2.45, 2.75) is 32.4 Å². The minimum atomic E-state index is -0.758. The maximum Gasteiger partial charge on any atom is 0.320 e. The predicted octanol–water partition coefficient (Wildman–Crippen LogP) is 0.803. The SMILES string of the molecule is C#CC(C)N1CC(C)CC1C(=O)O. The van der Waals surface area contributed by atoms with Crippen molar-refractivity contribution in [3.63, 3.8) is 0 Å². The van der Waals surface area contributed by atoms with E-state index in [0.717, 1.165) is 6.54 Å². The highest BCUT2D eigenvalue weighted by molar-refractivity contribution is 5.74. The second kappa shape index (κ2) is 3.80. The lowest BCUT2D eigenvalue weighted by Crippen LogP contribution is -2.41. The molecule has 0 aromatic heterocycles. The normalized spacial score (nSPS) is 31.2. The van der Waals surface area contributed by atoms with Gasteiger partial charge in [0.05, 0.1) is 6.04 Å². The Morgan fingerprint density at radius 3 is 2.85 bits per heavy atom. The molecule has 0 aromatic carbocycles. The number of carbonyl (C=O) groups is 1. The van der Waals surface area contributed by atoms with E-state index in [1.165, 1.54) is 0 Å².